The molecule has 1 aliphatic rings. The maximum atomic E-state index is 13.0. The van der Waals surface area contributed by atoms with Crippen molar-refractivity contribution in [2.45, 2.75) is 5.75 Å². The van der Waals surface area contributed by atoms with Gasteiger partial charge in [-0.15, -0.1) is 0 Å². The van der Waals surface area contributed by atoms with Crippen molar-refractivity contribution in [2.24, 2.45) is 4.99 Å². The van der Waals surface area contributed by atoms with Gasteiger partial charge in [0, 0.05) is 17.9 Å². The van der Waals surface area contributed by atoms with E-state index in [1.807, 2.05) is 54.6 Å². The molecule has 1 aliphatic heterocycles. The van der Waals surface area contributed by atoms with Crippen molar-refractivity contribution in [1.29, 1.82) is 0 Å². The number of thioether (sulfide) groups is 1. The molecule has 1 heterocycles. The third-order valence-corrected chi connectivity index (χ3v) is 6.46. The van der Waals surface area contributed by atoms with Crippen LogP contribution in [0.5, 0.6) is 0 Å². The number of carbonyl (C=O) groups is 1. The maximum absolute atomic E-state index is 13.0. The highest BCUT2D eigenvalue weighted by molar-refractivity contribution is 8.13. The minimum atomic E-state index is -0.0255. The summed E-state index contributed by atoms with van der Waals surface area (Å²) in [6.07, 6.45) is 0. The number of nitrogens with zero attached hydrogens (tertiary/aromatic N) is 2. The molecule has 146 valence electrons. The van der Waals surface area contributed by atoms with Crippen molar-refractivity contribution < 1.29 is 4.79 Å². The summed E-state index contributed by atoms with van der Waals surface area (Å²) in [6, 6.07) is 23.4. The molecule has 4 rings (SSSR count). The van der Waals surface area contributed by atoms with Crippen molar-refractivity contribution in [3.05, 3.63) is 94.0 Å². The molecule has 6 heteroatoms. The van der Waals surface area contributed by atoms with Gasteiger partial charge in [-0.25, -0.2) is 0 Å². The lowest BCUT2D eigenvalue weighted by atomic mass is 10.0. The third-order valence-electron chi connectivity index (χ3n) is 4.64. The summed E-state index contributed by atoms with van der Waals surface area (Å²) in [5.74, 6) is 0.648. The number of benzene rings is 3. The van der Waals surface area contributed by atoms with E-state index < -0.39 is 0 Å². The van der Waals surface area contributed by atoms with E-state index in [0.717, 1.165) is 21.9 Å². The van der Waals surface area contributed by atoms with E-state index in [1.165, 1.54) is 11.8 Å². The zero-order valence-electron chi connectivity index (χ0n) is 15.5. The number of amides is 1. The van der Waals surface area contributed by atoms with E-state index in [-0.39, 0.29) is 5.91 Å². The molecule has 3 aromatic rings. The Kier molecular flexibility index (Phi) is 6.24. The molecule has 0 aromatic heterocycles. The van der Waals surface area contributed by atoms with Gasteiger partial charge in [0.15, 0.2) is 5.17 Å². The lowest BCUT2D eigenvalue weighted by Gasteiger charge is -2.18. The molecular weight excluding hydrogens is 423 g/mol. The Balaban J connectivity index is 1.44. The fourth-order valence-electron chi connectivity index (χ4n) is 3.11. The molecule has 0 unspecified atom stereocenters. The molecule has 0 N–H and O–H groups in total. The highest BCUT2D eigenvalue weighted by atomic mass is 35.5. The number of halogens is 2. The standard InChI is InChI=1S/C23H18Cl2N2OS/c24-20-11-6-16(14-21(20)25)15-29-23-26-12-13-27(23)22(28)19-9-7-18(8-10-19)17-4-2-1-3-5-17/h1-11,14H,12-13,15H2. The van der Waals surface area contributed by atoms with Crippen LogP contribution in [0.4, 0.5) is 0 Å². The van der Waals surface area contributed by atoms with Gasteiger partial charge in [-0.2, -0.15) is 0 Å². The normalized spacial score (nSPS) is 13.4. The van der Waals surface area contributed by atoms with Crippen molar-refractivity contribution >= 4 is 46.0 Å². The summed E-state index contributed by atoms with van der Waals surface area (Å²) in [7, 11) is 0. The van der Waals surface area contributed by atoms with E-state index in [1.54, 1.807) is 11.0 Å². The Labute approximate surface area is 184 Å². The highest BCUT2D eigenvalue weighted by Crippen LogP contribution is 2.27. The summed E-state index contributed by atoms with van der Waals surface area (Å²) in [4.78, 5) is 19.3. The van der Waals surface area contributed by atoms with Crippen molar-refractivity contribution in [2.75, 3.05) is 13.1 Å². The topological polar surface area (TPSA) is 32.7 Å². The summed E-state index contributed by atoms with van der Waals surface area (Å²) in [5, 5.41) is 1.81. The Morgan fingerprint density at radius 3 is 2.38 bits per heavy atom. The van der Waals surface area contributed by atoms with Gasteiger partial charge in [-0.05, 0) is 41.0 Å². The molecule has 0 spiro atoms. The van der Waals surface area contributed by atoms with Crippen LogP contribution >= 0.6 is 35.0 Å². The van der Waals surface area contributed by atoms with Crippen LogP contribution in [0.1, 0.15) is 15.9 Å². The SMILES string of the molecule is O=C(c1ccc(-c2ccccc2)cc1)N1CCN=C1SCc1ccc(Cl)c(Cl)c1. The first-order chi connectivity index (χ1) is 14.1. The minimum absolute atomic E-state index is 0.0255. The van der Waals surface area contributed by atoms with Crippen molar-refractivity contribution in [3.63, 3.8) is 0 Å². The first-order valence-corrected chi connectivity index (χ1v) is 10.9. The highest BCUT2D eigenvalue weighted by Gasteiger charge is 2.25. The maximum Gasteiger partial charge on any atom is 0.259 e. The Morgan fingerprint density at radius 2 is 1.66 bits per heavy atom. The van der Waals surface area contributed by atoms with Crippen LogP contribution < -0.4 is 0 Å². The number of hydrogen-bond donors (Lipinski definition) is 0. The number of rotatable bonds is 4. The average molecular weight is 441 g/mol. The van der Waals surface area contributed by atoms with Gasteiger partial charge in [0.1, 0.15) is 0 Å². The molecule has 1 amide bonds. The quantitative estimate of drug-likeness (QED) is 0.469. The fourth-order valence-corrected chi connectivity index (χ4v) is 4.42. The monoisotopic (exact) mass is 440 g/mol. The molecule has 0 saturated heterocycles. The Hall–Kier alpha value is -2.27. The smallest absolute Gasteiger partial charge is 0.259 e. The molecule has 0 atom stereocenters. The third kappa shape index (κ3) is 4.67. The predicted molar refractivity (Wildman–Crippen MR) is 123 cm³/mol. The molecule has 3 aromatic carbocycles. The molecule has 3 nitrogen and oxygen atoms in total. The molecular formula is C23H18Cl2N2OS. The van der Waals surface area contributed by atoms with E-state index >= 15 is 0 Å². The molecule has 0 radical (unpaired) electrons. The number of hydrogen-bond acceptors (Lipinski definition) is 3. The second kappa shape index (κ2) is 9.04. The van der Waals surface area contributed by atoms with Gasteiger partial charge in [0.05, 0.1) is 16.6 Å². The zero-order valence-corrected chi connectivity index (χ0v) is 17.8. The van der Waals surface area contributed by atoms with E-state index in [9.17, 15) is 4.79 Å². The first-order valence-electron chi connectivity index (χ1n) is 9.20. The molecule has 0 saturated carbocycles. The van der Waals surface area contributed by atoms with Crippen LogP contribution in [-0.4, -0.2) is 29.1 Å². The van der Waals surface area contributed by atoms with Crippen LogP contribution in [0.15, 0.2) is 77.8 Å². The molecule has 29 heavy (non-hydrogen) atoms. The van der Waals surface area contributed by atoms with Gasteiger partial charge in [0.25, 0.3) is 5.91 Å². The van der Waals surface area contributed by atoms with Crippen molar-refractivity contribution in [3.8, 4) is 11.1 Å². The van der Waals surface area contributed by atoms with Crippen molar-refractivity contribution in [1.82, 2.24) is 4.90 Å². The summed E-state index contributed by atoms with van der Waals surface area (Å²) < 4.78 is 0. The minimum Gasteiger partial charge on any atom is -0.286 e. The van der Waals surface area contributed by atoms with Crippen LogP contribution in [0, 0.1) is 0 Å². The number of aliphatic imine (C=N–C) groups is 1. The van der Waals surface area contributed by atoms with Gasteiger partial charge < -0.3 is 0 Å². The Morgan fingerprint density at radius 1 is 0.931 bits per heavy atom. The molecule has 0 bridgehead atoms. The van der Waals surface area contributed by atoms with E-state index in [2.05, 4.69) is 17.1 Å². The van der Waals surface area contributed by atoms with Crippen LogP contribution in [0.2, 0.25) is 10.0 Å². The Bertz CT molecular complexity index is 1050. The summed E-state index contributed by atoms with van der Waals surface area (Å²) >= 11 is 13.6. The zero-order chi connectivity index (χ0) is 20.2. The average Bonchev–Trinajstić information content (AvgIpc) is 3.23. The molecule has 0 aliphatic carbocycles. The number of amidine groups is 1. The van der Waals surface area contributed by atoms with Gasteiger partial charge in [-0.1, -0.05) is 83.5 Å². The van der Waals surface area contributed by atoms with E-state index in [4.69, 9.17) is 23.2 Å². The largest absolute Gasteiger partial charge is 0.286 e. The lowest BCUT2D eigenvalue weighted by molar-refractivity contribution is 0.0860. The second-order valence-electron chi connectivity index (χ2n) is 6.60. The van der Waals surface area contributed by atoms with Gasteiger partial charge in [0.2, 0.25) is 0 Å². The van der Waals surface area contributed by atoms with Crippen LogP contribution in [-0.2, 0) is 5.75 Å². The lowest BCUT2D eigenvalue weighted by Crippen LogP contribution is -2.32. The second-order valence-corrected chi connectivity index (χ2v) is 8.36. The van der Waals surface area contributed by atoms with Gasteiger partial charge >= 0.3 is 0 Å². The number of carbonyl (C=O) groups excluding carboxylic acids is 1. The fraction of sp³-hybridized carbons (Fsp3) is 0.130. The molecule has 0 fully saturated rings. The van der Waals surface area contributed by atoms with E-state index in [0.29, 0.717) is 34.5 Å². The van der Waals surface area contributed by atoms with Crippen LogP contribution in [0.3, 0.4) is 0 Å². The summed E-state index contributed by atoms with van der Waals surface area (Å²) in [6.45, 7) is 1.22. The predicted octanol–water partition coefficient (Wildman–Crippen LogP) is 6.41. The van der Waals surface area contributed by atoms with Gasteiger partial charge in [-0.3, -0.25) is 14.7 Å². The summed E-state index contributed by atoms with van der Waals surface area (Å²) in [5.41, 5.74) is 3.92. The first kappa shape index (κ1) is 20.0. The van der Waals surface area contributed by atoms with Crippen LogP contribution in [0.25, 0.3) is 11.1 Å².